The molecule has 0 aliphatic heterocycles. The Morgan fingerprint density at radius 2 is 1.48 bits per heavy atom. The maximum absolute atomic E-state index is 12.2. The fourth-order valence-corrected chi connectivity index (χ4v) is 2.46. The molecule has 4 heteroatoms. The summed E-state index contributed by atoms with van der Waals surface area (Å²) in [5.74, 6) is 0.163. The van der Waals surface area contributed by atoms with E-state index in [0.29, 0.717) is 11.6 Å². The molecule has 1 rings (SSSR count). The van der Waals surface area contributed by atoms with Crippen molar-refractivity contribution in [3.8, 4) is 0 Å². The third-order valence-electron chi connectivity index (χ3n) is 3.82. The number of carbonyl (C=O) groups is 1. The zero-order valence-electron chi connectivity index (χ0n) is 13.4. The van der Waals surface area contributed by atoms with Crippen LogP contribution in [0.4, 0.5) is 0 Å². The smallest absolute Gasteiger partial charge is 0.176 e. The first kappa shape index (κ1) is 18.1. The maximum Gasteiger partial charge on any atom is 0.176 e. The largest absolute Gasteiger partial charge is 0.304 e. The number of likely N-dealkylation sites (N-methyl/N-ethyl adjacent to an activating group) is 1. The molecule has 0 aliphatic rings. The summed E-state index contributed by atoms with van der Waals surface area (Å²) < 4.78 is 0. The van der Waals surface area contributed by atoms with Gasteiger partial charge in [-0.3, -0.25) is 9.69 Å². The van der Waals surface area contributed by atoms with Crippen LogP contribution in [0.3, 0.4) is 0 Å². The van der Waals surface area contributed by atoms with Gasteiger partial charge in [0.15, 0.2) is 5.78 Å². The van der Waals surface area contributed by atoms with Crippen molar-refractivity contribution in [2.24, 2.45) is 0 Å². The minimum absolute atomic E-state index is 0.163. The molecule has 0 amide bonds. The molecule has 0 N–H and O–H groups in total. The molecule has 1 aromatic rings. The molecular weight excluding hydrogens is 284 g/mol. The summed E-state index contributed by atoms with van der Waals surface area (Å²) in [7, 11) is 0. The van der Waals surface area contributed by atoms with Gasteiger partial charge in [-0.25, -0.2) is 0 Å². The molecule has 0 bridgehead atoms. The molecule has 0 atom stereocenters. The fraction of sp³-hybridized carbons (Fsp3) is 0.588. The first-order valence-corrected chi connectivity index (χ1v) is 8.21. The van der Waals surface area contributed by atoms with Crippen molar-refractivity contribution in [2.45, 2.75) is 27.2 Å². The number of ketones is 1. The molecule has 0 radical (unpaired) electrons. The van der Waals surface area contributed by atoms with Crippen molar-refractivity contribution in [1.29, 1.82) is 0 Å². The first-order chi connectivity index (χ1) is 10.1. The number of Topliss-reactive ketones (excluding diaryl/α,β-unsaturated/α-hetero) is 1. The quantitative estimate of drug-likeness (QED) is 0.617. The summed E-state index contributed by atoms with van der Waals surface area (Å²) >= 11 is 5.85. The van der Waals surface area contributed by atoms with Crippen molar-refractivity contribution in [1.82, 2.24) is 9.80 Å². The van der Waals surface area contributed by atoms with E-state index in [4.69, 9.17) is 11.6 Å². The van der Waals surface area contributed by atoms with Gasteiger partial charge in [0.1, 0.15) is 0 Å². The van der Waals surface area contributed by atoms with Gasteiger partial charge in [-0.2, -0.15) is 0 Å². The minimum Gasteiger partial charge on any atom is -0.304 e. The lowest BCUT2D eigenvalue weighted by Gasteiger charge is -2.22. The first-order valence-electron chi connectivity index (χ1n) is 7.84. The van der Waals surface area contributed by atoms with Crippen molar-refractivity contribution in [3.63, 3.8) is 0 Å². The van der Waals surface area contributed by atoms with Crippen LogP contribution in [0, 0.1) is 0 Å². The van der Waals surface area contributed by atoms with Gasteiger partial charge in [0, 0.05) is 10.6 Å². The lowest BCUT2D eigenvalue weighted by atomic mass is 10.1. The molecule has 1 aromatic carbocycles. The van der Waals surface area contributed by atoms with E-state index in [-0.39, 0.29) is 5.78 Å². The van der Waals surface area contributed by atoms with Gasteiger partial charge < -0.3 is 4.90 Å². The molecule has 0 fully saturated rings. The zero-order chi connectivity index (χ0) is 15.7. The van der Waals surface area contributed by atoms with Crippen LogP contribution in [-0.2, 0) is 0 Å². The Kier molecular flexibility index (Phi) is 8.58. The molecule has 0 saturated carbocycles. The van der Waals surface area contributed by atoms with Gasteiger partial charge in [0.25, 0.3) is 0 Å². The topological polar surface area (TPSA) is 23.6 Å². The fourth-order valence-electron chi connectivity index (χ4n) is 2.34. The highest BCUT2D eigenvalue weighted by Gasteiger charge is 2.11. The van der Waals surface area contributed by atoms with E-state index in [0.717, 1.165) is 44.7 Å². The standard InChI is InChI=1S/C17H27ClN2O/c1-4-19(5-2)12-7-13-20(6-3)14-17(21)15-8-10-16(18)11-9-15/h8-11H,4-7,12-14H2,1-3H3. The lowest BCUT2D eigenvalue weighted by molar-refractivity contribution is 0.0930. The van der Waals surface area contributed by atoms with E-state index in [1.165, 1.54) is 0 Å². The predicted molar refractivity (Wildman–Crippen MR) is 90.3 cm³/mol. The van der Waals surface area contributed by atoms with E-state index < -0.39 is 0 Å². The summed E-state index contributed by atoms with van der Waals surface area (Å²) in [6.07, 6.45) is 1.10. The van der Waals surface area contributed by atoms with Crippen LogP contribution in [-0.4, -0.2) is 54.9 Å². The molecule has 0 saturated heterocycles. The summed E-state index contributed by atoms with van der Waals surface area (Å²) in [5, 5.41) is 0.665. The molecular formula is C17H27ClN2O. The SMILES string of the molecule is CCN(CC)CCCN(CC)CC(=O)c1ccc(Cl)cc1. The molecule has 0 aromatic heterocycles. The Morgan fingerprint density at radius 1 is 0.952 bits per heavy atom. The Bertz CT molecular complexity index is 415. The monoisotopic (exact) mass is 310 g/mol. The number of carbonyl (C=O) groups excluding carboxylic acids is 1. The zero-order valence-corrected chi connectivity index (χ0v) is 14.2. The number of rotatable bonds is 10. The molecule has 0 unspecified atom stereocenters. The summed E-state index contributed by atoms with van der Waals surface area (Å²) in [6, 6.07) is 7.14. The van der Waals surface area contributed by atoms with Gasteiger partial charge in [0.05, 0.1) is 6.54 Å². The molecule has 21 heavy (non-hydrogen) atoms. The van der Waals surface area contributed by atoms with Gasteiger partial charge >= 0.3 is 0 Å². The van der Waals surface area contributed by atoms with Crippen LogP contribution in [0.1, 0.15) is 37.6 Å². The van der Waals surface area contributed by atoms with Gasteiger partial charge in [-0.1, -0.05) is 32.4 Å². The number of hydrogen-bond acceptors (Lipinski definition) is 3. The maximum atomic E-state index is 12.2. The second-order valence-electron chi connectivity index (χ2n) is 5.18. The third kappa shape index (κ3) is 6.60. The lowest BCUT2D eigenvalue weighted by Crippen LogP contribution is -2.33. The van der Waals surface area contributed by atoms with Gasteiger partial charge in [-0.05, 0) is 63.4 Å². The average molecular weight is 311 g/mol. The highest BCUT2D eigenvalue weighted by atomic mass is 35.5. The third-order valence-corrected chi connectivity index (χ3v) is 4.08. The predicted octanol–water partition coefficient (Wildman–Crippen LogP) is 3.58. The summed E-state index contributed by atoms with van der Waals surface area (Å²) in [6.45, 7) is 12.1. The Hall–Kier alpha value is -0.900. The van der Waals surface area contributed by atoms with Crippen LogP contribution in [0.5, 0.6) is 0 Å². The number of nitrogens with zero attached hydrogens (tertiary/aromatic N) is 2. The van der Waals surface area contributed by atoms with E-state index in [2.05, 4.69) is 30.6 Å². The molecule has 3 nitrogen and oxygen atoms in total. The molecule has 0 spiro atoms. The Labute approximate surface area is 133 Å². The van der Waals surface area contributed by atoms with Crippen LogP contribution in [0.15, 0.2) is 24.3 Å². The van der Waals surface area contributed by atoms with Crippen molar-refractivity contribution in [3.05, 3.63) is 34.9 Å². The number of benzene rings is 1. The van der Waals surface area contributed by atoms with E-state index >= 15 is 0 Å². The average Bonchev–Trinajstić information content (AvgIpc) is 2.50. The second kappa shape index (κ2) is 9.93. The van der Waals surface area contributed by atoms with Gasteiger partial charge in [-0.15, -0.1) is 0 Å². The minimum atomic E-state index is 0.163. The Balaban J connectivity index is 2.42. The van der Waals surface area contributed by atoms with Crippen LogP contribution >= 0.6 is 11.6 Å². The van der Waals surface area contributed by atoms with Crippen molar-refractivity contribution in [2.75, 3.05) is 39.3 Å². The van der Waals surface area contributed by atoms with Crippen molar-refractivity contribution >= 4 is 17.4 Å². The summed E-state index contributed by atoms with van der Waals surface area (Å²) in [4.78, 5) is 16.9. The van der Waals surface area contributed by atoms with Crippen LogP contribution in [0.25, 0.3) is 0 Å². The number of hydrogen-bond donors (Lipinski definition) is 0. The second-order valence-corrected chi connectivity index (χ2v) is 5.62. The summed E-state index contributed by atoms with van der Waals surface area (Å²) in [5.41, 5.74) is 0.738. The van der Waals surface area contributed by atoms with Gasteiger partial charge in [0.2, 0.25) is 0 Å². The Morgan fingerprint density at radius 3 is 2.00 bits per heavy atom. The molecule has 0 aliphatic carbocycles. The van der Waals surface area contributed by atoms with E-state index in [1.807, 2.05) is 0 Å². The highest BCUT2D eigenvalue weighted by Crippen LogP contribution is 2.10. The van der Waals surface area contributed by atoms with Crippen LogP contribution < -0.4 is 0 Å². The van der Waals surface area contributed by atoms with Crippen molar-refractivity contribution < 1.29 is 4.79 Å². The normalized spacial score (nSPS) is 11.3. The van der Waals surface area contributed by atoms with E-state index in [9.17, 15) is 4.79 Å². The van der Waals surface area contributed by atoms with Crippen LogP contribution in [0.2, 0.25) is 5.02 Å². The molecule has 0 heterocycles. The molecule has 118 valence electrons. The highest BCUT2D eigenvalue weighted by molar-refractivity contribution is 6.30. The van der Waals surface area contributed by atoms with E-state index in [1.54, 1.807) is 24.3 Å². The number of halogens is 1.